The number of likely N-dealkylation sites (N-methyl/N-ethyl adjacent to an activating group) is 1. The smallest absolute Gasteiger partial charge is 0.158 e. The number of rotatable bonds is 1. The Labute approximate surface area is 114 Å². The number of nitrogens with zero attached hydrogens (tertiary/aromatic N) is 4. The topological polar surface area (TPSA) is 34.0 Å². The van der Waals surface area contributed by atoms with Crippen molar-refractivity contribution >= 4 is 11.0 Å². The molecule has 1 atom stereocenters. The Morgan fingerprint density at radius 2 is 2.05 bits per heavy atom. The molecule has 0 spiro atoms. The Hall–Kier alpha value is -1.42. The first-order valence-corrected chi connectivity index (χ1v) is 6.99. The summed E-state index contributed by atoms with van der Waals surface area (Å²) in [6.07, 6.45) is 2.46. The average molecular weight is 258 g/mol. The van der Waals surface area contributed by atoms with Gasteiger partial charge in [0.2, 0.25) is 0 Å². The monoisotopic (exact) mass is 258 g/mol. The van der Waals surface area contributed by atoms with Crippen LogP contribution in [0.4, 0.5) is 0 Å². The van der Waals surface area contributed by atoms with Crippen LogP contribution in [0.15, 0.2) is 12.1 Å². The number of pyridine rings is 1. The van der Waals surface area contributed by atoms with Gasteiger partial charge in [0.1, 0.15) is 0 Å². The first-order valence-electron chi connectivity index (χ1n) is 6.99. The lowest BCUT2D eigenvalue weighted by atomic mass is 9.79. The van der Waals surface area contributed by atoms with Crippen LogP contribution in [-0.4, -0.2) is 39.8 Å². The molecule has 1 aliphatic rings. The second kappa shape index (κ2) is 4.30. The van der Waals surface area contributed by atoms with Crippen LogP contribution in [0.2, 0.25) is 0 Å². The van der Waals surface area contributed by atoms with E-state index in [1.54, 1.807) is 0 Å². The van der Waals surface area contributed by atoms with Crippen molar-refractivity contribution in [2.24, 2.45) is 7.05 Å². The third-order valence-corrected chi connectivity index (χ3v) is 4.38. The summed E-state index contributed by atoms with van der Waals surface area (Å²) in [5, 5.41) is 5.62. The third kappa shape index (κ3) is 2.04. The number of aromatic nitrogens is 3. The summed E-state index contributed by atoms with van der Waals surface area (Å²) in [4.78, 5) is 7.31. The zero-order valence-electron chi connectivity index (χ0n) is 12.3. The van der Waals surface area contributed by atoms with Gasteiger partial charge in [-0.25, -0.2) is 4.98 Å². The van der Waals surface area contributed by atoms with Crippen molar-refractivity contribution in [3.8, 4) is 0 Å². The summed E-state index contributed by atoms with van der Waals surface area (Å²) in [5.74, 6) is 0. The molecule has 0 N–H and O–H groups in total. The van der Waals surface area contributed by atoms with Gasteiger partial charge in [-0.05, 0) is 45.5 Å². The predicted octanol–water partition coefficient (Wildman–Crippen LogP) is 2.26. The van der Waals surface area contributed by atoms with Gasteiger partial charge in [0, 0.05) is 24.4 Å². The summed E-state index contributed by atoms with van der Waals surface area (Å²) in [6, 6.07) is 4.37. The Morgan fingerprint density at radius 1 is 1.26 bits per heavy atom. The van der Waals surface area contributed by atoms with Crippen molar-refractivity contribution in [3.63, 3.8) is 0 Å². The van der Waals surface area contributed by atoms with E-state index in [-0.39, 0.29) is 5.41 Å². The molecule has 3 heterocycles. The van der Waals surface area contributed by atoms with Crippen LogP contribution in [-0.2, 0) is 12.5 Å². The van der Waals surface area contributed by atoms with Crippen LogP contribution in [0, 0.1) is 6.92 Å². The number of hydrogen-bond donors (Lipinski definition) is 0. The van der Waals surface area contributed by atoms with E-state index in [1.807, 2.05) is 18.7 Å². The minimum absolute atomic E-state index is 0.166. The van der Waals surface area contributed by atoms with Gasteiger partial charge < -0.3 is 4.90 Å². The molecule has 19 heavy (non-hydrogen) atoms. The van der Waals surface area contributed by atoms with E-state index >= 15 is 0 Å². The fourth-order valence-corrected chi connectivity index (χ4v) is 3.34. The van der Waals surface area contributed by atoms with Gasteiger partial charge in [-0.2, -0.15) is 5.10 Å². The van der Waals surface area contributed by atoms with Crippen molar-refractivity contribution in [3.05, 3.63) is 23.5 Å². The summed E-state index contributed by atoms with van der Waals surface area (Å²) >= 11 is 0. The van der Waals surface area contributed by atoms with Crippen LogP contribution in [0.3, 0.4) is 0 Å². The summed E-state index contributed by atoms with van der Waals surface area (Å²) in [7, 11) is 4.17. The quantitative estimate of drug-likeness (QED) is 0.787. The summed E-state index contributed by atoms with van der Waals surface area (Å²) in [5.41, 5.74) is 3.43. The Balaban J connectivity index is 2.07. The molecular formula is C15H22N4. The van der Waals surface area contributed by atoms with Gasteiger partial charge in [-0.3, -0.25) is 4.68 Å². The molecule has 0 unspecified atom stereocenters. The highest BCUT2D eigenvalue weighted by Gasteiger charge is 2.32. The molecular weight excluding hydrogens is 236 g/mol. The van der Waals surface area contributed by atoms with Gasteiger partial charge in [0.05, 0.1) is 11.4 Å². The molecule has 2 aromatic rings. The molecule has 1 aliphatic heterocycles. The fourth-order valence-electron chi connectivity index (χ4n) is 3.34. The molecule has 102 valence electrons. The average Bonchev–Trinajstić information content (AvgIpc) is 2.64. The van der Waals surface area contributed by atoms with E-state index in [4.69, 9.17) is 4.98 Å². The number of likely N-dealkylation sites (tertiary alicyclic amines) is 1. The minimum atomic E-state index is 0.166. The normalized spacial score (nSPS) is 25.1. The van der Waals surface area contributed by atoms with E-state index in [9.17, 15) is 0 Å². The molecule has 0 aliphatic carbocycles. The van der Waals surface area contributed by atoms with E-state index in [0.29, 0.717) is 0 Å². The highest BCUT2D eigenvalue weighted by molar-refractivity contribution is 5.78. The predicted molar refractivity (Wildman–Crippen MR) is 77.3 cm³/mol. The Morgan fingerprint density at radius 3 is 2.79 bits per heavy atom. The second-order valence-electron chi connectivity index (χ2n) is 6.18. The minimum Gasteiger partial charge on any atom is -0.305 e. The standard InChI is InChI=1S/C15H22N4/c1-11-12-6-7-13(16-14(12)19(4)17-11)15(2)8-5-9-18(3)10-15/h6-7H,5,8-10H2,1-4H3/t15-/m1/s1. The summed E-state index contributed by atoms with van der Waals surface area (Å²) in [6.45, 7) is 6.66. The third-order valence-electron chi connectivity index (χ3n) is 4.38. The molecule has 3 rings (SSSR count). The first kappa shape index (κ1) is 12.6. The molecule has 1 saturated heterocycles. The molecule has 0 amide bonds. The molecule has 0 bridgehead atoms. The second-order valence-corrected chi connectivity index (χ2v) is 6.18. The van der Waals surface area contributed by atoms with Crippen LogP contribution >= 0.6 is 0 Å². The van der Waals surface area contributed by atoms with E-state index in [1.165, 1.54) is 30.5 Å². The van der Waals surface area contributed by atoms with E-state index < -0.39 is 0 Å². The number of hydrogen-bond acceptors (Lipinski definition) is 3. The van der Waals surface area contributed by atoms with Crippen LogP contribution < -0.4 is 0 Å². The van der Waals surface area contributed by atoms with Crippen molar-refractivity contribution < 1.29 is 0 Å². The lowest BCUT2D eigenvalue weighted by molar-refractivity contribution is 0.185. The number of fused-ring (bicyclic) bond motifs is 1. The zero-order chi connectivity index (χ0) is 13.6. The van der Waals surface area contributed by atoms with Crippen LogP contribution in [0.1, 0.15) is 31.2 Å². The maximum atomic E-state index is 4.90. The highest BCUT2D eigenvalue weighted by atomic mass is 15.3. The lowest BCUT2D eigenvalue weighted by Crippen LogP contribution is -2.42. The first-order chi connectivity index (χ1) is 8.99. The van der Waals surface area contributed by atoms with Gasteiger partial charge in [0.25, 0.3) is 0 Å². The number of aryl methyl sites for hydroxylation is 2. The molecule has 0 radical (unpaired) electrons. The molecule has 4 nitrogen and oxygen atoms in total. The highest BCUT2D eigenvalue weighted by Crippen LogP contribution is 2.33. The fraction of sp³-hybridized carbons (Fsp3) is 0.600. The lowest BCUT2D eigenvalue weighted by Gasteiger charge is -2.38. The van der Waals surface area contributed by atoms with E-state index in [0.717, 1.165) is 17.9 Å². The Bertz CT molecular complexity index is 616. The molecule has 0 aromatic carbocycles. The van der Waals surface area contributed by atoms with Crippen molar-refractivity contribution in [1.82, 2.24) is 19.7 Å². The summed E-state index contributed by atoms with van der Waals surface area (Å²) < 4.78 is 1.89. The molecule has 4 heteroatoms. The molecule has 2 aromatic heterocycles. The number of piperidine rings is 1. The van der Waals surface area contributed by atoms with Crippen molar-refractivity contribution in [2.75, 3.05) is 20.1 Å². The van der Waals surface area contributed by atoms with E-state index in [2.05, 4.69) is 36.1 Å². The SMILES string of the molecule is Cc1nn(C)c2nc([C@]3(C)CCCN(C)C3)ccc12. The maximum Gasteiger partial charge on any atom is 0.158 e. The van der Waals surface area contributed by atoms with Crippen molar-refractivity contribution in [1.29, 1.82) is 0 Å². The Kier molecular flexibility index (Phi) is 2.86. The maximum absolute atomic E-state index is 4.90. The van der Waals surface area contributed by atoms with Crippen LogP contribution in [0.5, 0.6) is 0 Å². The van der Waals surface area contributed by atoms with Crippen molar-refractivity contribution in [2.45, 2.75) is 32.1 Å². The van der Waals surface area contributed by atoms with Gasteiger partial charge >= 0.3 is 0 Å². The van der Waals surface area contributed by atoms with Gasteiger partial charge in [0.15, 0.2) is 5.65 Å². The van der Waals surface area contributed by atoms with Gasteiger partial charge in [-0.15, -0.1) is 0 Å². The molecule has 0 saturated carbocycles. The largest absolute Gasteiger partial charge is 0.305 e. The zero-order valence-corrected chi connectivity index (χ0v) is 12.3. The van der Waals surface area contributed by atoms with Gasteiger partial charge in [-0.1, -0.05) is 6.92 Å². The molecule has 1 fully saturated rings. The van der Waals surface area contributed by atoms with Crippen LogP contribution in [0.25, 0.3) is 11.0 Å².